The predicted molar refractivity (Wildman–Crippen MR) is 96.9 cm³/mol. The Labute approximate surface area is 142 Å². The number of benzene rings is 3. The van der Waals surface area contributed by atoms with Crippen molar-refractivity contribution < 1.29 is 9.90 Å². The molecule has 4 nitrogen and oxygen atoms in total. The average Bonchev–Trinajstić information content (AvgIpc) is 2.97. The van der Waals surface area contributed by atoms with E-state index in [9.17, 15) is 9.90 Å². The van der Waals surface area contributed by atoms with Gasteiger partial charge in [0.05, 0.1) is 11.1 Å². The lowest BCUT2D eigenvalue weighted by atomic mass is 10.1. The SMILES string of the molecule is O=C(Nc1ccc(Cl)cc1)c1ccc2c([nH]c3ccccc32)c1O. The molecule has 0 aliphatic rings. The van der Waals surface area contributed by atoms with E-state index in [2.05, 4.69) is 10.3 Å². The lowest BCUT2D eigenvalue weighted by Gasteiger charge is -2.07. The van der Waals surface area contributed by atoms with Crippen molar-refractivity contribution in [1.29, 1.82) is 0 Å². The highest BCUT2D eigenvalue weighted by Gasteiger charge is 2.16. The maximum absolute atomic E-state index is 12.5. The van der Waals surface area contributed by atoms with Gasteiger partial charge < -0.3 is 15.4 Å². The van der Waals surface area contributed by atoms with Gasteiger partial charge in [0, 0.05) is 27.0 Å². The number of fused-ring (bicyclic) bond motifs is 3. The van der Waals surface area contributed by atoms with E-state index in [1.165, 1.54) is 0 Å². The van der Waals surface area contributed by atoms with Gasteiger partial charge >= 0.3 is 0 Å². The van der Waals surface area contributed by atoms with Gasteiger partial charge in [-0.05, 0) is 36.4 Å². The maximum Gasteiger partial charge on any atom is 0.259 e. The molecular formula is C19H13ClN2O2. The van der Waals surface area contributed by atoms with E-state index < -0.39 is 0 Å². The van der Waals surface area contributed by atoms with Gasteiger partial charge in [-0.1, -0.05) is 35.9 Å². The van der Waals surface area contributed by atoms with Gasteiger partial charge in [0.1, 0.15) is 0 Å². The highest BCUT2D eigenvalue weighted by Crippen LogP contribution is 2.33. The van der Waals surface area contributed by atoms with Crippen LogP contribution in [0.1, 0.15) is 10.4 Å². The molecule has 0 aliphatic carbocycles. The van der Waals surface area contributed by atoms with E-state index in [1.54, 1.807) is 30.3 Å². The highest BCUT2D eigenvalue weighted by molar-refractivity contribution is 6.30. The second-order valence-electron chi connectivity index (χ2n) is 5.52. The van der Waals surface area contributed by atoms with Crippen LogP contribution >= 0.6 is 11.6 Å². The number of rotatable bonds is 2. The molecule has 0 saturated heterocycles. The number of hydrogen-bond donors (Lipinski definition) is 3. The molecule has 0 spiro atoms. The second kappa shape index (κ2) is 5.58. The van der Waals surface area contributed by atoms with E-state index in [0.717, 1.165) is 16.3 Å². The zero-order valence-corrected chi connectivity index (χ0v) is 13.3. The third-order valence-corrected chi connectivity index (χ3v) is 4.25. The predicted octanol–water partition coefficient (Wildman–Crippen LogP) is 4.93. The van der Waals surface area contributed by atoms with Crippen molar-refractivity contribution in [3.05, 3.63) is 71.2 Å². The van der Waals surface area contributed by atoms with Gasteiger partial charge in [0.2, 0.25) is 0 Å². The van der Waals surface area contributed by atoms with E-state index >= 15 is 0 Å². The minimum absolute atomic E-state index is 0.0600. The number of carbonyl (C=O) groups is 1. The number of carbonyl (C=O) groups excluding carboxylic acids is 1. The Bertz CT molecular complexity index is 1070. The normalized spacial score (nSPS) is 11.0. The van der Waals surface area contributed by atoms with Gasteiger partial charge in [0.25, 0.3) is 5.91 Å². The summed E-state index contributed by atoms with van der Waals surface area (Å²) < 4.78 is 0. The van der Waals surface area contributed by atoms with Crippen molar-refractivity contribution in [1.82, 2.24) is 4.98 Å². The number of hydrogen-bond acceptors (Lipinski definition) is 2. The number of H-pyrrole nitrogens is 1. The smallest absolute Gasteiger partial charge is 0.259 e. The summed E-state index contributed by atoms with van der Waals surface area (Å²) in [5.41, 5.74) is 2.29. The molecule has 1 aromatic heterocycles. The summed E-state index contributed by atoms with van der Waals surface area (Å²) in [6, 6.07) is 18.0. The first-order chi connectivity index (χ1) is 11.6. The number of phenols is 1. The number of amides is 1. The van der Waals surface area contributed by atoms with Crippen molar-refractivity contribution in [2.24, 2.45) is 0 Å². The van der Waals surface area contributed by atoms with Gasteiger partial charge in [-0.3, -0.25) is 4.79 Å². The molecule has 1 amide bonds. The summed E-state index contributed by atoms with van der Waals surface area (Å²) in [5.74, 6) is -0.439. The van der Waals surface area contributed by atoms with Crippen LogP contribution in [0.25, 0.3) is 21.8 Å². The molecule has 5 heteroatoms. The Balaban J connectivity index is 1.76. The van der Waals surface area contributed by atoms with Gasteiger partial charge in [-0.25, -0.2) is 0 Å². The van der Waals surface area contributed by atoms with Crippen LogP contribution in [0, 0.1) is 0 Å². The first-order valence-electron chi connectivity index (χ1n) is 7.43. The molecule has 3 aromatic carbocycles. The van der Waals surface area contributed by atoms with Crippen LogP contribution < -0.4 is 5.32 Å². The Hall–Kier alpha value is -2.98. The molecule has 24 heavy (non-hydrogen) atoms. The van der Waals surface area contributed by atoms with Crippen LogP contribution in [-0.4, -0.2) is 16.0 Å². The Morgan fingerprint density at radius 3 is 2.50 bits per heavy atom. The minimum atomic E-state index is -0.379. The number of anilines is 1. The summed E-state index contributed by atoms with van der Waals surface area (Å²) in [4.78, 5) is 15.6. The topological polar surface area (TPSA) is 65.1 Å². The van der Waals surface area contributed by atoms with Crippen molar-refractivity contribution >= 4 is 45.0 Å². The third-order valence-electron chi connectivity index (χ3n) is 4.00. The van der Waals surface area contributed by atoms with Crippen molar-refractivity contribution in [2.45, 2.75) is 0 Å². The molecule has 0 aliphatic heterocycles. The maximum atomic E-state index is 12.5. The lowest BCUT2D eigenvalue weighted by molar-refractivity contribution is 0.102. The Morgan fingerprint density at radius 2 is 1.71 bits per heavy atom. The molecule has 0 saturated carbocycles. The van der Waals surface area contributed by atoms with E-state index in [4.69, 9.17) is 11.6 Å². The number of aromatic nitrogens is 1. The van der Waals surface area contributed by atoms with Gasteiger partial charge in [-0.15, -0.1) is 0 Å². The zero-order chi connectivity index (χ0) is 16.7. The van der Waals surface area contributed by atoms with E-state index in [0.29, 0.717) is 16.2 Å². The summed E-state index contributed by atoms with van der Waals surface area (Å²) in [7, 11) is 0. The highest BCUT2D eigenvalue weighted by atomic mass is 35.5. The molecule has 1 heterocycles. The number of phenolic OH excluding ortho intramolecular Hbond substituents is 1. The quantitative estimate of drug-likeness (QED) is 0.486. The van der Waals surface area contributed by atoms with Crippen LogP contribution in [0.15, 0.2) is 60.7 Å². The van der Waals surface area contributed by atoms with E-state index in [-0.39, 0.29) is 17.2 Å². The monoisotopic (exact) mass is 336 g/mol. The molecule has 0 bridgehead atoms. The largest absolute Gasteiger partial charge is 0.505 e. The number of aromatic hydroxyl groups is 1. The van der Waals surface area contributed by atoms with Crippen LogP contribution in [-0.2, 0) is 0 Å². The third kappa shape index (κ3) is 2.37. The average molecular weight is 337 g/mol. The molecule has 0 unspecified atom stereocenters. The summed E-state index contributed by atoms with van der Waals surface area (Å²) >= 11 is 5.84. The molecule has 0 fully saturated rings. The molecule has 0 atom stereocenters. The van der Waals surface area contributed by atoms with Gasteiger partial charge in [0.15, 0.2) is 5.75 Å². The number of halogens is 1. The summed E-state index contributed by atoms with van der Waals surface area (Å²) in [5, 5.41) is 15.8. The summed E-state index contributed by atoms with van der Waals surface area (Å²) in [6.45, 7) is 0. The Morgan fingerprint density at radius 1 is 0.958 bits per heavy atom. The van der Waals surface area contributed by atoms with Crippen LogP contribution in [0.4, 0.5) is 5.69 Å². The Kier molecular flexibility index (Phi) is 3.40. The number of nitrogens with one attached hydrogen (secondary N) is 2. The standard InChI is InChI=1S/C19H13ClN2O2/c20-11-5-7-12(8-6-11)21-19(24)15-10-9-14-13-3-1-2-4-16(13)22-17(14)18(15)23/h1-10,22-23H,(H,21,24). The minimum Gasteiger partial charge on any atom is -0.505 e. The van der Waals surface area contributed by atoms with Crippen LogP contribution in [0.3, 0.4) is 0 Å². The zero-order valence-electron chi connectivity index (χ0n) is 12.5. The lowest BCUT2D eigenvalue weighted by Crippen LogP contribution is -2.12. The molecule has 4 rings (SSSR count). The number of para-hydroxylation sites is 1. The summed E-state index contributed by atoms with van der Waals surface area (Å²) in [6.07, 6.45) is 0. The van der Waals surface area contributed by atoms with Crippen molar-refractivity contribution in [3.63, 3.8) is 0 Å². The van der Waals surface area contributed by atoms with Crippen LogP contribution in [0.2, 0.25) is 5.02 Å². The van der Waals surface area contributed by atoms with Crippen LogP contribution in [0.5, 0.6) is 5.75 Å². The fourth-order valence-corrected chi connectivity index (χ4v) is 2.94. The molecule has 118 valence electrons. The fourth-order valence-electron chi connectivity index (χ4n) is 2.82. The van der Waals surface area contributed by atoms with Crippen molar-refractivity contribution in [2.75, 3.05) is 5.32 Å². The molecule has 3 N–H and O–H groups in total. The first-order valence-corrected chi connectivity index (χ1v) is 7.80. The second-order valence-corrected chi connectivity index (χ2v) is 5.95. The fraction of sp³-hybridized carbons (Fsp3) is 0. The van der Waals surface area contributed by atoms with Crippen molar-refractivity contribution in [3.8, 4) is 5.75 Å². The van der Waals surface area contributed by atoms with Gasteiger partial charge in [-0.2, -0.15) is 0 Å². The molecule has 0 radical (unpaired) electrons. The number of aromatic amines is 1. The first kappa shape index (κ1) is 14.6. The molecular weight excluding hydrogens is 324 g/mol. The van der Waals surface area contributed by atoms with E-state index in [1.807, 2.05) is 30.3 Å². The molecule has 4 aromatic rings.